The molecule has 42 heavy (non-hydrogen) atoms. The summed E-state index contributed by atoms with van der Waals surface area (Å²) in [5.74, 6) is -0.330. The summed E-state index contributed by atoms with van der Waals surface area (Å²) in [5, 5.41) is 3.25. The normalized spacial score (nSPS) is 13.0. The Labute approximate surface area is 270 Å². The van der Waals surface area contributed by atoms with Crippen molar-refractivity contribution in [3.8, 4) is 22.5 Å². The SMILES string of the molecule is C[Si](C)(C)c1ccc(-c2[c-]cccc2)nc1.[2H]C([2H])([2H])c1ccc2c(n1)sc1c(-c3cc(C(C)(C)C)c(F)cn3)[c-]ccc12.[Ir]. The van der Waals surface area contributed by atoms with Crippen molar-refractivity contribution >= 4 is 44.9 Å². The van der Waals surface area contributed by atoms with Gasteiger partial charge in [-0.05, 0) is 50.6 Å². The number of hydrogen-bond donors (Lipinski definition) is 0. The number of benzene rings is 2. The van der Waals surface area contributed by atoms with Gasteiger partial charge in [0.15, 0.2) is 0 Å². The Morgan fingerprint density at radius 2 is 1.67 bits per heavy atom. The summed E-state index contributed by atoms with van der Waals surface area (Å²) in [4.78, 5) is 13.8. The molecule has 0 aliphatic carbocycles. The van der Waals surface area contributed by atoms with E-state index in [1.807, 2.05) is 63.4 Å². The Bertz CT molecular complexity index is 1930. The summed E-state index contributed by atoms with van der Waals surface area (Å²) in [7, 11) is -1.23. The van der Waals surface area contributed by atoms with Crippen LogP contribution in [0.2, 0.25) is 19.6 Å². The standard InChI is InChI=1S/C21H18FN2S.C14H16NSi.Ir/c1-12-8-9-14-13-6-5-7-15(19(13)25-20(14)24-12)18-10-16(21(2,3)4)17(22)11-23-18;1-16(2,3)13-9-10-14(15-11-13)12-7-5-4-6-8-12;/h5-6,8-11H,1-4H3;4-7,9-11H,1-3H3;/q2*-1;/i1D3;;. The molecule has 0 saturated carbocycles. The molecule has 6 rings (SSSR count). The van der Waals surface area contributed by atoms with Crippen molar-refractivity contribution < 1.29 is 28.6 Å². The second kappa shape index (κ2) is 12.6. The van der Waals surface area contributed by atoms with Gasteiger partial charge in [-0.2, -0.15) is 11.3 Å². The molecule has 0 unspecified atom stereocenters. The van der Waals surface area contributed by atoms with Crippen molar-refractivity contribution in [1.29, 1.82) is 0 Å². The van der Waals surface area contributed by atoms with Gasteiger partial charge in [-0.25, -0.2) is 9.37 Å². The van der Waals surface area contributed by atoms with Crippen molar-refractivity contribution in [3.63, 3.8) is 0 Å². The van der Waals surface area contributed by atoms with Gasteiger partial charge in [-0.3, -0.25) is 0 Å². The maximum atomic E-state index is 14.3. The first-order valence-corrected chi connectivity index (χ1v) is 17.8. The van der Waals surface area contributed by atoms with E-state index in [0.29, 0.717) is 16.1 Å². The van der Waals surface area contributed by atoms with Crippen molar-refractivity contribution in [2.75, 3.05) is 0 Å². The number of aryl methyl sites for hydroxylation is 1. The number of rotatable bonds is 3. The van der Waals surface area contributed by atoms with Crippen molar-refractivity contribution in [2.24, 2.45) is 0 Å². The van der Waals surface area contributed by atoms with E-state index in [9.17, 15) is 4.39 Å². The van der Waals surface area contributed by atoms with E-state index in [1.165, 1.54) is 22.7 Å². The molecule has 0 N–H and O–H groups in total. The number of hydrogen-bond acceptors (Lipinski definition) is 4. The molecule has 0 aliphatic rings. The first-order chi connectivity index (χ1) is 20.6. The minimum absolute atomic E-state index is 0. The number of aromatic nitrogens is 3. The van der Waals surface area contributed by atoms with E-state index in [4.69, 9.17) is 4.11 Å². The Hall–Kier alpha value is -3.09. The summed E-state index contributed by atoms with van der Waals surface area (Å²) in [6.07, 6.45) is 3.27. The van der Waals surface area contributed by atoms with Gasteiger partial charge in [0, 0.05) is 36.1 Å². The molecule has 4 aromatic heterocycles. The molecule has 4 heterocycles. The number of fused-ring (bicyclic) bond motifs is 3. The maximum absolute atomic E-state index is 14.3. The Morgan fingerprint density at radius 1 is 0.881 bits per heavy atom. The van der Waals surface area contributed by atoms with Crippen LogP contribution >= 0.6 is 11.3 Å². The van der Waals surface area contributed by atoms with E-state index in [0.717, 1.165) is 32.3 Å². The zero-order valence-electron chi connectivity index (χ0n) is 27.5. The molecule has 2 aromatic carbocycles. The first-order valence-electron chi connectivity index (χ1n) is 15.0. The van der Waals surface area contributed by atoms with E-state index in [2.05, 4.69) is 58.9 Å². The number of pyridine rings is 3. The average Bonchev–Trinajstić information content (AvgIpc) is 3.35. The van der Waals surface area contributed by atoms with Gasteiger partial charge in [0.25, 0.3) is 0 Å². The largest absolute Gasteiger partial charge is 0.305 e. The number of thiophene rings is 1. The third-order valence-corrected chi connectivity index (χ3v) is 9.99. The van der Waals surface area contributed by atoms with Crippen LogP contribution in [0.25, 0.3) is 42.8 Å². The molecule has 3 nitrogen and oxygen atoms in total. The molecule has 0 spiro atoms. The van der Waals surface area contributed by atoms with Crippen LogP contribution in [0, 0.1) is 24.8 Å². The summed E-state index contributed by atoms with van der Waals surface area (Å²) >= 11 is 1.40. The molecule has 0 bridgehead atoms. The van der Waals surface area contributed by atoms with Crippen LogP contribution in [0.5, 0.6) is 0 Å². The Kier molecular flexibility index (Phi) is 8.34. The van der Waals surface area contributed by atoms with Crippen LogP contribution < -0.4 is 5.19 Å². The minimum atomic E-state index is -2.25. The van der Waals surface area contributed by atoms with Crippen LogP contribution in [-0.4, -0.2) is 23.0 Å². The maximum Gasteiger partial charge on any atom is 0.143 e. The quantitative estimate of drug-likeness (QED) is 0.133. The van der Waals surface area contributed by atoms with Gasteiger partial charge in [0.1, 0.15) is 10.6 Å². The molecule has 6 aromatic rings. The van der Waals surface area contributed by atoms with Gasteiger partial charge in [0.2, 0.25) is 0 Å². The van der Waals surface area contributed by atoms with Gasteiger partial charge in [-0.1, -0.05) is 70.1 Å². The molecule has 0 atom stereocenters. The number of halogens is 1. The molecule has 1 radical (unpaired) electrons. The topological polar surface area (TPSA) is 38.7 Å². The molecule has 0 amide bonds. The van der Waals surface area contributed by atoms with E-state index >= 15 is 0 Å². The first kappa shape index (κ1) is 27.7. The molecular weight excluding hydrogens is 734 g/mol. The Morgan fingerprint density at radius 3 is 2.31 bits per heavy atom. The van der Waals surface area contributed by atoms with Crippen LogP contribution in [0.3, 0.4) is 0 Å². The molecule has 0 saturated heterocycles. The zero-order valence-corrected chi connectivity index (χ0v) is 28.7. The monoisotopic (exact) mass is 771 g/mol. The van der Waals surface area contributed by atoms with Crippen molar-refractivity contribution in [3.05, 3.63) is 108 Å². The fraction of sp³-hybridized carbons (Fsp3) is 0.229. The van der Waals surface area contributed by atoms with E-state index in [-0.39, 0.29) is 37.0 Å². The predicted molar refractivity (Wildman–Crippen MR) is 174 cm³/mol. The van der Waals surface area contributed by atoms with Gasteiger partial charge < -0.3 is 9.97 Å². The fourth-order valence-electron chi connectivity index (χ4n) is 4.51. The molecule has 7 heteroatoms. The van der Waals surface area contributed by atoms with E-state index < -0.39 is 14.9 Å². The van der Waals surface area contributed by atoms with E-state index in [1.54, 1.807) is 18.2 Å². The predicted octanol–water partition coefficient (Wildman–Crippen LogP) is 9.15. The summed E-state index contributed by atoms with van der Waals surface area (Å²) in [6, 6.07) is 27.5. The Balaban J connectivity index is 0.000000231. The van der Waals surface area contributed by atoms with Crippen molar-refractivity contribution in [2.45, 2.75) is 52.7 Å². The van der Waals surface area contributed by atoms with Gasteiger partial charge >= 0.3 is 0 Å². The zero-order chi connectivity index (χ0) is 31.9. The van der Waals surface area contributed by atoms with Crippen LogP contribution in [0.4, 0.5) is 4.39 Å². The summed E-state index contributed by atoms with van der Waals surface area (Å²) in [6.45, 7) is 10.6. The number of nitrogens with zero attached hydrogens (tertiary/aromatic N) is 3. The van der Waals surface area contributed by atoms with Crippen LogP contribution in [-0.2, 0) is 25.5 Å². The fourth-order valence-corrected chi connectivity index (χ4v) is 6.73. The van der Waals surface area contributed by atoms with Crippen LogP contribution in [0.15, 0.2) is 79.1 Å². The van der Waals surface area contributed by atoms with Crippen LogP contribution in [0.1, 0.15) is 36.1 Å². The third kappa shape index (κ3) is 6.92. The smallest absolute Gasteiger partial charge is 0.143 e. The average molecular weight is 771 g/mol. The molecular formula is C35H34FIrN3SSi-2. The summed E-state index contributed by atoms with van der Waals surface area (Å²) in [5.41, 5.74) is 3.78. The third-order valence-electron chi connectivity index (χ3n) is 6.83. The molecule has 0 fully saturated rings. The second-order valence-corrected chi connectivity index (χ2v) is 18.1. The second-order valence-electron chi connectivity index (χ2n) is 12.0. The van der Waals surface area contributed by atoms with Gasteiger partial charge in [-0.15, -0.1) is 59.7 Å². The molecule has 217 valence electrons. The summed E-state index contributed by atoms with van der Waals surface area (Å²) < 4.78 is 38.0. The molecule has 0 aliphatic heterocycles. The van der Waals surface area contributed by atoms with Gasteiger partial charge in [0.05, 0.1) is 14.3 Å². The van der Waals surface area contributed by atoms with Crippen molar-refractivity contribution in [1.82, 2.24) is 15.0 Å². The minimum Gasteiger partial charge on any atom is -0.305 e.